The van der Waals surface area contributed by atoms with Gasteiger partial charge in [-0.15, -0.1) is 0 Å². The minimum atomic E-state index is -1.11. The third kappa shape index (κ3) is 4.20. The average Bonchev–Trinajstić information content (AvgIpc) is 3.09. The molecule has 1 amide bonds. The molecule has 4 aromatic rings. The van der Waals surface area contributed by atoms with Crippen LogP contribution in [0.25, 0.3) is 10.9 Å². The summed E-state index contributed by atoms with van der Waals surface area (Å²) < 4.78 is 1.09. The van der Waals surface area contributed by atoms with Gasteiger partial charge in [0.05, 0.1) is 11.2 Å². The lowest BCUT2D eigenvalue weighted by molar-refractivity contribution is -0.132. The van der Waals surface area contributed by atoms with E-state index in [-0.39, 0.29) is 18.2 Å². The molecule has 4 rings (SSSR count). The molecule has 2 aromatic carbocycles. The Hall–Kier alpha value is -4.08. The van der Waals surface area contributed by atoms with Crippen LogP contribution in [0.4, 0.5) is 5.69 Å². The zero-order chi connectivity index (χ0) is 22.7. The fraction of sp³-hybridized carbons (Fsp3) is 0.130. The lowest BCUT2D eigenvalue weighted by Crippen LogP contribution is -2.31. The highest BCUT2D eigenvalue weighted by Gasteiger charge is 2.27. The number of carbonyl (C=O) groups is 1. The van der Waals surface area contributed by atoms with E-state index in [0.29, 0.717) is 23.2 Å². The van der Waals surface area contributed by atoms with Crippen molar-refractivity contribution in [2.45, 2.75) is 18.9 Å². The Bertz CT molecular complexity index is 1250. The number of nitrogens with zero attached hydrogens (tertiary/aromatic N) is 2. The van der Waals surface area contributed by atoms with E-state index >= 15 is 0 Å². The van der Waals surface area contributed by atoms with Gasteiger partial charge < -0.3 is 10.2 Å². The number of rotatable bonds is 7. The van der Waals surface area contributed by atoms with Gasteiger partial charge in [-0.1, -0.05) is 24.3 Å². The van der Waals surface area contributed by atoms with E-state index in [0.717, 1.165) is 21.0 Å². The van der Waals surface area contributed by atoms with Crippen LogP contribution < -0.4 is 11.0 Å². The van der Waals surface area contributed by atoms with E-state index in [1.807, 2.05) is 35.8 Å². The van der Waals surface area contributed by atoms with Gasteiger partial charge in [0.1, 0.15) is 6.04 Å². The molecule has 0 saturated heterocycles. The van der Waals surface area contributed by atoms with Crippen LogP contribution in [-0.2, 0) is 17.6 Å². The molecule has 0 aliphatic rings. The van der Waals surface area contributed by atoms with Gasteiger partial charge in [0, 0.05) is 36.1 Å². The molecule has 0 saturated carbocycles. The van der Waals surface area contributed by atoms with Crippen molar-refractivity contribution in [3.8, 4) is 11.8 Å². The van der Waals surface area contributed by atoms with E-state index in [9.17, 15) is 20.2 Å². The number of pyridine rings is 1. The second kappa shape index (κ2) is 8.96. The number of anilines is 1. The third-order valence-electron chi connectivity index (χ3n) is 5.36. The number of amides is 1. The molecule has 164 valence electrons. The van der Waals surface area contributed by atoms with Crippen LogP contribution in [0.15, 0.2) is 66.9 Å². The molecular weight excluding hydrogens is 412 g/mol. The molecule has 6 N–H and O–H groups in total. The quantitative estimate of drug-likeness (QED) is 0.194. The highest BCUT2D eigenvalue weighted by molar-refractivity contribution is 5.80. The van der Waals surface area contributed by atoms with Crippen molar-refractivity contribution in [3.63, 3.8) is 0 Å². The standard InChI is InChI=1S/C23H22N4O5/c28-21-13-17(11-15-5-8-19-16(10-15)2-1-9-24-19)23(30)27(21)20(22(29)26-32)12-14-3-6-18(25-31)7-4-14/h1-10,13,20,25,28,30-32H,11-12H2,(H,26,29). The van der Waals surface area contributed by atoms with Gasteiger partial charge in [0.2, 0.25) is 0 Å². The van der Waals surface area contributed by atoms with Gasteiger partial charge in [-0.3, -0.25) is 30.2 Å². The molecule has 9 heteroatoms. The van der Waals surface area contributed by atoms with E-state index < -0.39 is 11.9 Å². The maximum atomic E-state index is 12.4. The summed E-state index contributed by atoms with van der Waals surface area (Å²) in [5.41, 5.74) is 6.95. The summed E-state index contributed by atoms with van der Waals surface area (Å²) in [5.74, 6) is -1.36. The summed E-state index contributed by atoms with van der Waals surface area (Å²) in [5, 5.41) is 40.5. The van der Waals surface area contributed by atoms with Gasteiger partial charge >= 0.3 is 0 Å². The number of nitrogens with one attached hydrogen (secondary N) is 2. The Labute approximate surface area is 183 Å². The predicted molar refractivity (Wildman–Crippen MR) is 117 cm³/mol. The summed E-state index contributed by atoms with van der Waals surface area (Å²) in [4.78, 5) is 16.7. The molecule has 0 aliphatic carbocycles. The van der Waals surface area contributed by atoms with Crippen LogP contribution in [-0.4, -0.2) is 36.1 Å². The van der Waals surface area contributed by atoms with Crippen molar-refractivity contribution in [2.75, 3.05) is 5.48 Å². The van der Waals surface area contributed by atoms with Crippen LogP contribution in [0.5, 0.6) is 11.8 Å². The molecule has 32 heavy (non-hydrogen) atoms. The molecular formula is C23H22N4O5. The second-order valence-electron chi connectivity index (χ2n) is 7.43. The van der Waals surface area contributed by atoms with Gasteiger partial charge in [-0.05, 0) is 41.5 Å². The zero-order valence-corrected chi connectivity index (χ0v) is 16.9. The summed E-state index contributed by atoms with van der Waals surface area (Å²) in [6, 6.07) is 16.4. The number of hydrogen-bond donors (Lipinski definition) is 6. The molecule has 0 radical (unpaired) electrons. The fourth-order valence-corrected chi connectivity index (χ4v) is 3.76. The Morgan fingerprint density at radius 1 is 1.00 bits per heavy atom. The molecule has 0 bridgehead atoms. The van der Waals surface area contributed by atoms with Crippen molar-refractivity contribution in [3.05, 3.63) is 83.6 Å². The maximum absolute atomic E-state index is 12.4. The van der Waals surface area contributed by atoms with Crippen LogP contribution in [0.1, 0.15) is 22.7 Å². The first-order chi connectivity index (χ1) is 15.5. The molecule has 2 heterocycles. The van der Waals surface area contributed by atoms with Crippen molar-refractivity contribution in [1.29, 1.82) is 0 Å². The highest BCUT2D eigenvalue weighted by atomic mass is 16.5. The topological polar surface area (TPSA) is 140 Å². The number of hydroxylamine groups is 1. The summed E-state index contributed by atoms with van der Waals surface area (Å²) >= 11 is 0. The van der Waals surface area contributed by atoms with Gasteiger partial charge in [0.25, 0.3) is 5.91 Å². The Morgan fingerprint density at radius 3 is 2.47 bits per heavy atom. The molecule has 0 aliphatic heterocycles. The minimum absolute atomic E-state index is 0.0784. The van der Waals surface area contributed by atoms with Crippen molar-refractivity contribution in [2.24, 2.45) is 0 Å². The molecule has 1 atom stereocenters. The molecule has 0 fully saturated rings. The van der Waals surface area contributed by atoms with Crippen molar-refractivity contribution < 1.29 is 25.4 Å². The smallest absolute Gasteiger partial charge is 0.266 e. The van der Waals surface area contributed by atoms with E-state index in [1.165, 1.54) is 6.07 Å². The number of aromatic hydroxyl groups is 2. The van der Waals surface area contributed by atoms with Crippen LogP contribution in [0.3, 0.4) is 0 Å². The number of hydrogen-bond acceptors (Lipinski definition) is 7. The lowest BCUT2D eigenvalue weighted by Gasteiger charge is -2.19. The Balaban J connectivity index is 1.65. The predicted octanol–water partition coefficient (Wildman–Crippen LogP) is 3.13. The minimum Gasteiger partial charge on any atom is -0.494 e. The second-order valence-corrected chi connectivity index (χ2v) is 7.43. The molecule has 9 nitrogen and oxygen atoms in total. The van der Waals surface area contributed by atoms with Crippen LogP contribution in [0, 0.1) is 0 Å². The summed E-state index contributed by atoms with van der Waals surface area (Å²) in [6.07, 6.45) is 2.11. The number of benzene rings is 2. The Morgan fingerprint density at radius 2 is 1.75 bits per heavy atom. The van der Waals surface area contributed by atoms with Crippen LogP contribution in [0.2, 0.25) is 0 Å². The molecule has 1 unspecified atom stereocenters. The highest BCUT2D eigenvalue weighted by Crippen LogP contribution is 2.35. The van der Waals surface area contributed by atoms with Crippen molar-refractivity contribution >= 4 is 22.5 Å². The van der Waals surface area contributed by atoms with Crippen molar-refractivity contribution in [1.82, 2.24) is 15.0 Å². The first-order valence-electron chi connectivity index (χ1n) is 9.89. The number of aromatic nitrogens is 2. The first-order valence-corrected chi connectivity index (χ1v) is 9.89. The van der Waals surface area contributed by atoms with Crippen LogP contribution >= 0.6 is 0 Å². The van der Waals surface area contributed by atoms with E-state index in [2.05, 4.69) is 4.98 Å². The van der Waals surface area contributed by atoms with E-state index in [1.54, 1.807) is 35.9 Å². The first kappa shape index (κ1) is 21.2. The molecule has 2 aromatic heterocycles. The lowest BCUT2D eigenvalue weighted by atomic mass is 10.0. The van der Waals surface area contributed by atoms with Gasteiger partial charge in [-0.2, -0.15) is 0 Å². The number of fused-ring (bicyclic) bond motifs is 1. The van der Waals surface area contributed by atoms with Gasteiger partial charge in [0.15, 0.2) is 11.8 Å². The largest absolute Gasteiger partial charge is 0.494 e. The molecule has 0 spiro atoms. The average molecular weight is 434 g/mol. The van der Waals surface area contributed by atoms with Gasteiger partial charge in [-0.25, -0.2) is 5.48 Å². The zero-order valence-electron chi connectivity index (χ0n) is 16.9. The Kier molecular flexibility index (Phi) is 5.93. The van der Waals surface area contributed by atoms with E-state index in [4.69, 9.17) is 5.21 Å². The third-order valence-corrected chi connectivity index (χ3v) is 5.36. The summed E-state index contributed by atoms with van der Waals surface area (Å²) in [6.45, 7) is 0. The maximum Gasteiger partial charge on any atom is 0.266 e. The summed E-state index contributed by atoms with van der Waals surface area (Å²) in [7, 11) is 0. The monoisotopic (exact) mass is 434 g/mol. The normalized spacial score (nSPS) is 11.9. The number of carbonyl (C=O) groups excluding carboxylic acids is 1. The fourth-order valence-electron chi connectivity index (χ4n) is 3.76. The SMILES string of the molecule is O=C(NO)C(Cc1ccc(NO)cc1)n1c(O)cc(Cc2ccc3ncccc3c2)c1O.